The van der Waals surface area contributed by atoms with Gasteiger partial charge in [0.2, 0.25) is 0 Å². The van der Waals surface area contributed by atoms with Gasteiger partial charge in [0, 0.05) is 5.56 Å². The second kappa shape index (κ2) is 4.06. The fourth-order valence-electron chi connectivity index (χ4n) is 1.26. The number of nitrogens with zero attached hydrogens (tertiary/aromatic N) is 3. The lowest BCUT2D eigenvalue weighted by Crippen LogP contribution is -1.99. The normalized spacial score (nSPS) is 10.4. The highest BCUT2D eigenvalue weighted by Gasteiger charge is 2.06. The molecule has 0 aliphatic carbocycles. The molecule has 2 rings (SSSR count). The van der Waals surface area contributed by atoms with Gasteiger partial charge in [-0.05, 0) is 32.0 Å². The maximum atomic E-state index is 5.84. The summed E-state index contributed by atoms with van der Waals surface area (Å²) in [5.74, 6) is 0.562. The molecular formula is C11H11ClN4. The molecule has 1 aromatic heterocycles. The first-order valence-electron chi connectivity index (χ1n) is 4.81. The minimum absolute atomic E-state index is 0.515. The summed E-state index contributed by atoms with van der Waals surface area (Å²) in [4.78, 5) is 4.34. The Hall–Kier alpha value is -1.68. The molecule has 0 aliphatic heterocycles. The average Bonchev–Trinajstić information content (AvgIpc) is 2.26. The standard InChI is InChI=1S/C11H11ClN4/c1-6-7(2)15-16-11(14-6)8-3-4-9(12)10(13)5-8/h3-5H,13H2,1-2H3. The second-order valence-electron chi connectivity index (χ2n) is 3.54. The van der Waals surface area contributed by atoms with E-state index < -0.39 is 0 Å². The fraction of sp³-hybridized carbons (Fsp3) is 0.182. The van der Waals surface area contributed by atoms with Gasteiger partial charge in [-0.25, -0.2) is 4.98 Å². The van der Waals surface area contributed by atoms with Crippen LogP contribution in [0.15, 0.2) is 18.2 Å². The Balaban J connectivity index is 2.50. The van der Waals surface area contributed by atoms with E-state index >= 15 is 0 Å². The molecule has 0 saturated carbocycles. The quantitative estimate of drug-likeness (QED) is 0.770. The number of halogens is 1. The Kier molecular flexibility index (Phi) is 2.75. The molecule has 0 bridgehead atoms. The predicted octanol–water partition coefficient (Wildman–Crippen LogP) is 2.39. The van der Waals surface area contributed by atoms with E-state index in [1.807, 2.05) is 19.9 Å². The second-order valence-corrected chi connectivity index (χ2v) is 3.95. The molecule has 0 radical (unpaired) electrons. The molecule has 2 aromatic rings. The van der Waals surface area contributed by atoms with Crippen molar-refractivity contribution in [3.05, 3.63) is 34.6 Å². The van der Waals surface area contributed by atoms with E-state index in [9.17, 15) is 0 Å². The maximum Gasteiger partial charge on any atom is 0.182 e. The molecule has 5 heteroatoms. The Labute approximate surface area is 98.5 Å². The molecule has 1 heterocycles. The zero-order valence-corrected chi connectivity index (χ0v) is 9.78. The molecule has 0 aliphatic rings. The number of rotatable bonds is 1. The van der Waals surface area contributed by atoms with Crippen LogP contribution in [0.2, 0.25) is 5.02 Å². The lowest BCUT2D eigenvalue weighted by molar-refractivity contribution is 0.905. The van der Waals surface area contributed by atoms with E-state index in [2.05, 4.69) is 15.2 Å². The monoisotopic (exact) mass is 234 g/mol. The number of nitrogen functional groups attached to an aromatic ring is 1. The van der Waals surface area contributed by atoms with Crippen LogP contribution in [0.5, 0.6) is 0 Å². The van der Waals surface area contributed by atoms with Crippen LogP contribution in [0.1, 0.15) is 11.4 Å². The first-order chi connectivity index (χ1) is 7.58. The lowest BCUT2D eigenvalue weighted by Gasteiger charge is -2.04. The van der Waals surface area contributed by atoms with Crippen molar-refractivity contribution in [1.82, 2.24) is 15.2 Å². The molecule has 4 nitrogen and oxygen atoms in total. The van der Waals surface area contributed by atoms with Crippen LogP contribution in [0.4, 0.5) is 5.69 Å². The Morgan fingerprint density at radius 2 is 1.88 bits per heavy atom. The van der Waals surface area contributed by atoms with Gasteiger partial charge in [-0.15, -0.1) is 5.10 Å². The van der Waals surface area contributed by atoms with E-state index in [-0.39, 0.29) is 0 Å². The van der Waals surface area contributed by atoms with Crippen LogP contribution < -0.4 is 5.73 Å². The third-order valence-electron chi connectivity index (χ3n) is 2.35. The van der Waals surface area contributed by atoms with Crippen molar-refractivity contribution in [3.8, 4) is 11.4 Å². The fourth-order valence-corrected chi connectivity index (χ4v) is 1.38. The van der Waals surface area contributed by atoms with Crippen LogP contribution in [0.25, 0.3) is 11.4 Å². The van der Waals surface area contributed by atoms with E-state index in [0.717, 1.165) is 17.0 Å². The van der Waals surface area contributed by atoms with Gasteiger partial charge >= 0.3 is 0 Å². The van der Waals surface area contributed by atoms with E-state index in [1.165, 1.54) is 0 Å². The number of hydrogen-bond acceptors (Lipinski definition) is 4. The van der Waals surface area contributed by atoms with Crippen molar-refractivity contribution >= 4 is 17.3 Å². The van der Waals surface area contributed by atoms with Gasteiger partial charge in [0.25, 0.3) is 0 Å². The van der Waals surface area contributed by atoms with Crippen molar-refractivity contribution < 1.29 is 0 Å². The highest BCUT2D eigenvalue weighted by molar-refractivity contribution is 6.33. The zero-order chi connectivity index (χ0) is 11.7. The minimum atomic E-state index is 0.515. The largest absolute Gasteiger partial charge is 0.398 e. The summed E-state index contributed by atoms with van der Waals surface area (Å²) in [6.07, 6.45) is 0. The molecule has 16 heavy (non-hydrogen) atoms. The first kappa shape index (κ1) is 10.8. The molecule has 0 spiro atoms. The first-order valence-corrected chi connectivity index (χ1v) is 5.19. The number of aromatic nitrogens is 3. The van der Waals surface area contributed by atoms with Crippen molar-refractivity contribution in [1.29, 1.82) is 0 Å². The summed E-state index contributed by atoms with van der Waals surface area (Å²) in [5, 5.41) is 8.57. The number of hydrogen-bond donors (Lipinski definition) is 1. The van der Waals surface area contributed by atoms with E-state index in [0.29, 0.717) is 16.5 Å². The average molecular weight is 235 g/mol. The summed E-state index contributed by atoms with van der Waals surface area (Å²) in [6, 6.07) is 5.30. The highest BCUT2D eigenvalue weighted by Crippen LogP contribution is 2.24. The van der Waals surface area contributed by atoms with Crippen LogP contribution in [-0.2, 0) is 0 Å². The molecule has 82 valence electrons. The molecule has 0 unspecified atom stereocenters. The third kappa shape index (κ3) is 1.97. The number of benzene rings is 1. The van der Waals surface area contributed by atoms with Gasteiger partial charge in [-0.1, -0.05) is 11.6 Å². The van der Waals surface area contributed by atoms with Crippen molar-refractivity contribution in [3.63, 3.8) is 0 Å². The third-order valence-corrected chi connectivity index (χ3v) is 2.69. The summed E-state index contributed by atoms with van der Waals surface area (Å²) in [6.45, 7) is 3.77. The summed E-state index contributed by atoms with van der Waals surface area (Å²) in [5.41, 5.74) is 8.73. The topological polar surface area (TPSA) is 64.7 Å². The van der Waals surface area contributed by atoms with Crippen LogP contribution in [-0.4, -0.2) is 15.2 Å². The van der Waals surface area contributed by atoms with Gasteiger partial charge < -0.3 is 5.73 Å². The minimum Gasteiger partial charge on any atom is -0.398 e. The zero-order valence-electron chi connectivity index (χ0n) is 9.03. The summed E-state index contributed by atoms with van der Waals surface area (Å²) >= 11 is 5.84. The van der Waals surface area contributed by atoms with Gasteiger partial charge in [-0.2, -0.15) is 5.10 Å². The van der Waals surface area contributed by atoms with Crippen LogP contribution in [0, 0.1) is 13.8 Å². The molecule has 1 aromatic carbocycles. The SMILES string of the molecule is Cc1nnc(-c2ccc(Cl)c(N)c2)nc1C. The highest BCUT2D eigenvalue weighted by atomic mass is 35.5. The van der Waals surface area contributed by atoms with Gasteiger partial charge in [0.05, 0.1) is 22.1 Å². The van der Waals surface area contributed by atoms with Crippen molar-refractivity contribution in [2.45, 2.75) is 13.8 Å². The van der Waals surface area contributed by atoms with Crippen LogP contribution >= 0.6 is 11.6 Å². The molecular weight excluding hydrogens is 224 g/mol. The van der Waals surface area contributed by atoms with Crippen molar-refractivity contribution in [2.75, 3.05) is 5.73 Å². The summed E-state index contributed by atoms with van der Waals surface area (Å²) < 4.78 is 0. The van der Waals surface area contributed by atoms with Gasteiger partial charge in [-0.3, -0.25) is 0 Å². The van der Waals surface area contributed by atoms with E-state index in [4.69, 9.17) is 17.3 Å². The van der Waals surface area contributed by atoms with Gasteiger partial charge in [0.1, 0.15) is 0 Å². The van der Waals surface area contributed by atoms with E-state index in [1.54, 1.807) is 12.1 Å². The number of nitrogens with two attached hydrogens (primary N) is 1. The number of anilines is 1. The smallest absolute Gasteiger partial charge is 0.182 e. The molecule has 0 saturated heterocycles. The van der Waals surface area contributed by atoms with Gasteiger partial charge in [0.15, 0.2) is 5.82 Å². The predicted molar refractivity (Wildman–Crippen MR) is 64.2 cm³/mol. The van der Waals surface area contributed by atoms with Crippen LogP contribution in [0.3, 0.4) is 0 Å². The van der Waals surface area contributed by atoms with Crippen molar-refractivity contribution in [2.24, 2.45) is 0 Å². The lowest BCUT2D eigenvalue weighted by atomic mass is 10.2. The summed E-state index contributed by atoms with van der Waals surface area (Å²) in [7, 11) is 0. The maximum absolute atomic E-state index is 5.84. The number of aryl methyl sites for hydroxylation is 2. The molecule has 0 amide bonds. The molecule has 0 atom stereocenters. The Morgan fingerprint density at radius 1 is 1.12 bits per heavy atom. The molecule has 2 N–H and O–H groups in total. The Bertz CT molecular complexity index is 490. The molecule has 0 fully saturated rings. The Morgan fingerprint density at radius 3 is 2.50 bits per heavy atom.